The Balaban J connectivity index is 2.43. The van der Waals surface area contributed by atoms with Crippen LogP contribution in [0.5, 0.6) is 0 Å². The summed E-state index contributed by atoms with van der Waals surface area (Å²) in [5.74, 6) is 0. The van der Waals surface area contributed by atoms with E-state index in [-0.39, 0.29) is 0 Å². The second-order valence-corrected chi connectivity index (χ2v) is 3.41. The molecule has 1 atom stereocenters. The topological polar surface area (TPSA) is 12.0 Å². The third-order valence-electron chi connectivity index (χ3n) is 2.19. The van der Waals surface area contributed by atoms with Crippen molar-refractivity contribution in [3.05, 3.63) is 29.3 Å². The van der Waals surface area contributed by atoms with Gasteiger partial charge < -0.3 is 5.32 Å². The van der Waals surface area contributed by atoms with Crippen molar-refractivity contribution in [2.45, 2.75) is 26.3 Å². The average molecular weight is 147 g/mol. The maximum Gasteiger partial charge on any atom is 0.0375 e. The molecule has 11 heavy (non-hydrogen) atoms. The number of nitrogens with one attached hydrogen (secondary N) is 1. The van der Waals surface area contributed by atoms with E-state index < -0.39 is 0 Å². The van der Waals surface area contributed by atoms with Crippen LogP contribution < -0.4 is 5.32 Å². The minimum Gasteiger partial charge on any atom is -0.382 e. The molecule has 0 radical (unpaired) electrons. The molecule has 1 aliphatic heterocycles. The summed E-state index contributed by atoms with van der Waals surface area (Å²) in [6, 6.07) is 7.22. The summed E-state index contributed by atoms with van der Waals surface area (Å²) in [6.45, 7) is 4.36. The normalized spacial score (nSPS) is 21.1. The van der Waals surface area contributed by atoms with E-state index in [4.69, 9.17) is 0 Å². The van der Waals surface area contributed by atoms with Gasteiger partial charge in [0, 0.05) is 11.7 Å². The molecule has 0 aliphatic carbocycles. The van der Waals surface area contributed by atoms with Gasteiger partial charge in [-0.15, -0.1) is 0 Å². The van der Waals surface area contributed by atoms with Crippen LogP contribution in [0, 0.1) is 6.92 Å². The molecule has 0 unspecified atom stereocenters. The maximum atomic E-state index is 3.42. The zero-order valence-corrected chi connectivity index (χ0v) is 7.02. The van der Waals surface area contributed by atoms with E-state index in [9.17, 15) is 0 Å². The van der Waals surface area contributed by atoms with Crippen molar-refractivity contribution in [1.82, 2.24) is 0 Å². The van der Waals surface area contributed by atoms with Crippen molar-refractivity contribution in [3.63, 3.8) is 0 Å². The van der Waals surface area contributed by atoms with E-state index in [0.29, 0.717) is 6.04 Å². The molecule has 1 aliphatic rings. The molecule has 0 amide bonds. The van der Waals surface area contributed by atoms with Gasteiger partial charge in [-0.3, -0.25) is 0 Å². The highest BCUT2D eigenvalue weighted by atomic mass is 14.9. The molecule has 1 heteroatoms. The Labute approximate surface area is 67.4 Å². The molecule has 58 valence electrons. The zero-order chi connectivity index (χ0) is 7.84. The first-order chi connectivity index (χ1) is 5.25. The highest BCUT2D eigenvalue weighted by Crippen LogP contribution is 2.25. The molecule has 0 spiro atoms. The highest BCUT2D eigenvalue weighted by molar-refractivity contribution is 5.57. The van der Waals surface area contributed by atoms with E-state index in [2.05, 4.69) is 37.4 Å². The van der Waals surface area contributed by atoms with Crippen LogP contribution >= 0.6 is 0 Å². The minimum absolute atomic E-state index is 0.617. The fourth-order valence-corrected chi connectivity index (χ4v) is 1.68. The van der Waals surface area contributed by atoms with Crippen LogP contribution in [0.3, 0.4) is 0 Å². The molecular formula is C10H13N. The van der Waals surface area contributed by atoms with Gasteiger partial charge in [0.1, 0.15) is 0 Å². The first-order valence-electron chi connectivity index (χ1n) is 4.12. The molecule has 1 N–H and O–H groups in total. The third-order valence-corrected chi connectivity index (χ3v) is 2.19. The highest BCUT2D eigenvalue weighted by Gasteiger charge is 2.15. The number of fused-ring (bicyclic) bond motifs is 1. The standard InChI is InChI=1S/C10H13N/c1-7-3-4-10-9(5-7)6-8(2)11-10/h3-5,8,11H,6H2,1-2H3/t8-/m1/s1. The summed E-state index contributed by atoms with van der Waals surface area (Å²) in [7, 11) is 0. The molecule has 1 nitrogen and oxygen atoms in total. The number of aryl methyl sites for hydroxylation is 1. The van der Waals surface area contributed by atoms with Gasteiger partial charge in [0.15, 0.2) is 0 Å². The summed E-state index contributed by atoms with van der Waals surface area (Å²) >= 11 is 0. The van der Waals surface area contributed by atoms with E-state index in [1.54, 1.807) is 0 Å². The lowest BCUT2D eigenvalue weighted by molar-refractivity contribution is 0.839. The second-order valence-electron chi connectivity index (χ2n) is 3.41. The third kappa shape index (κ3) is 1.11. The summed E-state index contributed by atoms with van der Waals surface area (Å²) in [6.07, 6.45) is 1.18. The van der Waals surface area contributed by atoms with Gasteiger partial charge in [-0.25, -0.2) is 0 Å². The van der Waals surface area contributed by atoms with Crippen LogP contribution in [0.1, 0.15) is 18.1 Å². The van der Waals surface area contributed by atoms with Gasteiger partial charge >= 0.3 is 0 Å². The number of benzene rings is 1. The van der Waals surface area contributed by atoms with Crippen molar-refractivity contribution in [2.24, 2.45) is 0 Å². The molecule has 1 aromatic carbocycles. The van der Waals surface area contributed by atoms with E-state index in [1.807, 2.05) is 0 Å². The van der Waals surface area contributed by atoms with Crippen LogP contribution in [0.4, 0.5) is 5.69 Å². The van der Waals surface area contributed by atoms with Gasteiger partial charge in [-0.05, 0) is 31.9 Å². The molecule has 0 fully saturated rings. The average Bonchev–Trinajstić information content (AvgIpc) is 2.27. The lowest BCUT2D eigenvalue weighted by Gasteiger charge is -2.01. The minimum atomic E-state index is 0.617. The Kier molecular flexibility index (Phi) is 1.38. The number of hydrogen-bond donors (Lipinski definition) is 1. The van der Waals surface area contributed by atoms with E-state index in [1.165, 1.54) is 23.2 Å². The molecule has 0 bridgehead atoms. The van der Waals surface area contributed by atoms with E-state index in [0.717, 1.165) is 0 Å². The van der Waals surface area contributed by atoms with Gasteiger partial charge in [0.05, 0.1) is 0 Å². The Hall–Kier alpha value is -0.980. The smallest absolute Gasteiger partial charge is 0.0375 e. The molecular weight excluding hydrogens is 134 g/mol. The molecule has 1 heterocycles. The molecule has 2 rings (SSSR count). The lowest BCUT2D eigenvalue weighted by atomic mass is 10.1. The maximum absolute atomic E-state index is 3.42. The summed E-state index contributed by atoms with van der Waals surface area (Å²) in [4.78, 5) is 0. The van der Waals surface area contributed by atoms with Crippen LogP contribution in [0.15, 0.2) is 18.2 Å². The van der Waals surface area contributed by atoms with Crippen LogP contribution in [-0.2, 0) is 6.42 Å². The van der Waals surface area contributed by atoms with Crippen LogP contribution in [-0.4, -0.2) is 6.04 Å². The predicted molar refractivity (Wildman–Crippen MR) is 48.0 cm³/mol. The Morgan fingerprint density at radius 1 is 1.45 bits per heavy atom. The molecule has 1 aromatic rings. The zero-order valence-electron chi connectivity index (χ0n) is 7.02. The summed E-state index contributed by atoms with van der Waals surface area (Å²) in [5.41, 5.74) is 4.15. The van der Waals surface area contributed by atoms with Crippen molar-refractivity contribution < 1.29 is 0 Å². The van der Waals surface area contributed by atoms with Gasteiger partial charge in [0.2, 0.25) is 0 Å². The molecule has 0 saturated carbocycles. The lowest BCUT2D eigenvalue weighted by Crippen LogP contribution is -2.08. The first kappa shape index (κ1) is 6.71. The van der Waals surface area contributed by atoms with Crippen molar-refractivity contribution in [2.75, 3.05) is 5.32 Å². The van der Waals surface area contributed by atoms with E-state index >= 15 is 0 Å². The van der Waals surface area contributed by atoms with Crippen molar-refractivity contribution >= 4 is 5.69 Å². The van der Waals surface area contributed by atoms with Crippen molar-refractivity contribution in [3.8, 4) is 0 Å². The SMILES string of the molecule is Cc1ccc2c(c1)C[C@@H](C)N2. The van der Waals surface area contributed by atoms with Crippen LogP contribution in [0.2, 0.25) is 0 Å². The van der Waals surface area contributed by atoms with Gasteiger partial charge in [-0.1, -0.05) is 17.7 Å². The monoisotopic (exact) mass is 147 g/mol. The predicted octanol–water partition coefficient (Wildman–Crippen LogP) is 2.35. The summed E-state index contributed by atoms with van der Waals surface area (Å²) in [5, 5.41) is 3.42. The fraction of sp³-hybridized carbons (Fsp3) is 0.400. The number of anilines is 1. The number of hydrogen-bond acceptors (Lipinski definition) is 1. The number of rotatable bonds is 0. The largest absolute Gasteiger partial charge is 0.382 e. The second kappa shape index (κ2) is 2.26. The fourth-order valence-electron chi connectivity index (χ4n) is 1.68. The molecule has 0 aromatic heterocycles. The summed E-state index contributed by atoms with van der Waals surface area (Å²) < 4.78 is 0. The van der Waals surface area contributed by atoms with Crippen LogP contribution in [0.25, 0.3) is 0 Å². The van der Waals surface area contributed by atoms with Crippen molar-refractivity contribution in [1.29, 1.82) is 0 Å². The Bertz CT molecular complexity index is 278. The quantitative estimate of drug-likeness (QED) is 0.594. The Morgan fingerprint density at radius 3 is 3.09 bits per heavy atom. The van der Waals surface area contributed by atoms with Gasteiger partial charge in [-0.2, -0.15) is 0 Å². The van der Waals surface area contributed by atoms with Gasteiger partial charge in [0.25, 0.3) is 0 Å². The first-order valence-corrected chi connectivity index (χ1v) is 4.12. The molecule has 0 saturated heterocycles. The Morgan fingerprint density at radius 2 is 2.27 bits per heavy atom.